The fourth-order valence-corrected chi connectivity index (χ4v) is 3.27. The monoisotopic (exact) mass is 410 g/mol. The van der Waals surface area contributed by atoms with E-state index in [0.29, 0.717) is 17.2 Å². The van der Waals surface area contributed by atoms with Crippen molar-refractivity contribution in [3.8, 4) is 17.2 Å². The number of benzene rings is 2. The van der Waals surface area contributed by atoms with Crippen molar-refractivity contribution in [2.45, 2.75) is 58.5 Å². The summed E-state index contributed by atoms with van der Waals surface area (Å²) in [5, 5.41) is 14.9. The number of fused-ring (bicyclic) bond motifs is 1. The van der Waals surface area contributed by atoms with E-state index in [4.69, 9.17) is 9.47 Å². The van der Waals surface area contributed by atoms with E-state index in [0.717, 1.165) is 16.7 Å². The van der Waals surface area contributed by atoms with Crippen LogP contribution in [0.1, 0.15) is 58.2 Å². The lowest BCUT2D eigenvalue weighted by Gasteiger charge is -2.27. The first-order chi connectivity index (χ1) is 14.0. The molecular formula is C24H30N2O4. The van der Waals surface area contributed by atoms with Crippen molar-refractivity contribution in [1.82, 2.24) is 5.43 Å². The molecule has 2 N–H and O–H groups in total. The zero-order valence-corrected chi connectivity index (χ0v) is 18.4. The molecule has 2 aromatic carbocycles. The fourth-order valence-electron chi connectivity index (χ4n) is 3.27. The molecular weight excluding hydrogens is 380 g/mol. The zero-order valence-electron chi connectivity index (χ0n) is 18.4. The summed E-state index contributed by atoms with van der Waals surface area (Å²) in [7, 11) is 0. The molecule has 0 spiro atoms. The van der Waals surface area contributed by atoms with Gasteiger partial charge in [-0.2, -0.15) is 5.10 Å². The smallest absolute Gasteiger partial charge is 0.284 e. The van der Waals surface area contributed by atoms with Crippen LogP contribution in [-0.2, 0) is 15.6 Å². The molecule has 1 heterocycles. The van der Waals surface area contributed by atoms with Crippen LogP contribution in [-0.4, -0.2) is 29.9 Å². The van der Waals surface area contributed by atoms with Crippen LogP contribution in [0.3, 0.4) is 0 Å². The molecule has 3 rings (SSSR count). The van der Waals surface area contributed by atoms with Crippen LogP contribution in [0.4, 0.5) is 0 Å². The van der Waals surface area contributed by atoms with Crippen LogP contribution in [0, 0.1) is 0 Å². The van der Waals surface area contributed by atoms with Gasteiger partial charge in [0.2, 0.25) is 6.10 Å². The van der Waals surface area contributed by atoms with Gasteiger partial charge in [0.15, 0.2) is 11.5 Å². The van der Waals surface area contributed by atoms with Gasteiger partial charge in [0.1, 0.15) is 12.4 Å². The Morgan fingerprint density at radius 3 is 2.20 bits per heavy atom. The van der Waals surface area contributed by atoms with Crippen LogP contribution in [0.5, 0.6) is 17.2 Å². The SMILES string of the molecule is CC(C)(C)c1cc(C=NNC(=O)C2COc3ccccc3O2)cc(C(C)(C)C)c1O. The number of rotatable bonds is 3. The number of amides is 1. The highest BCUT2D eigenvalue weighted by atomic mass is 16.6. The molecule has 0 saturated carbocycles. The number of nitrogens with zero attached hydrogens (tertiary/aromatic N) is 1. The quantitative estimate of drug-likeness (QED) is 0.585. The molecule has 0 bridgehead atoms. The molecule has 1 aliphatic heterocycles. The number of hydrogen-bond acceptors (Lipinski definition) is 5. The lowest BCUT2D eigenvalue weighted by atomic mass is 9.78. The van der Waals surface area contributed by atoms with Crippen LogP contribution >= 0.6 is 0 Å². The molecule has 0 saturated heterocycles. The van der Waals surface area contributed by atoms with E-state index in [9.17, 15) is 9.90 Å². The van der Waals surface area contributed by atoms with E-state index in [1.54, 1.807) is 18.3 Å². The standard InChI is InChI=1S/C24H30N2O4/c1-23(2,3)16-11-15(12-17(21(16)27)24(4,5)6)13-25-26-22(28)20-14-29-18-9-7-8-10-19(18)30-20/h7-13,20,27H,14H2,1-6H3,(H,26,28). The van der Waals surface area contributed by atoms with Gasteiger partial charge in [-0.05, 0) is 40.7 Å². The predicted molar refractivity (Wildman–Crippen MR) is 118 cm³/mol. The Kier molecular flexibility index (Phi) is 5.79. The Hall–Kier alpha value is -3.02. The highest BCUT2D eigenvalue weighted by molar-refractivity contribution is 5.85. The van der Waals surface area contributed by atoms with Crippen molar-refractivity contribution in [3.63, 3.8) is 0 Å². The highest BCUT2D eigenvalue weighted by Crippen LogP contribution is 2.39. The average molecular weight is 411 g/mol. The van der Waals surface area contributed by atoms with Gasteiger partial charge >= 0.3 is 0 Å². The van der Waals surface area contributed by atoms with Crippen molar-refractivity contribution < 1.29 is 19.4 Å². The molecule has 0 fully saturated rings. The first kappa shape index (κ1) is 21.7. The number of nitrogens with one attached hydrogen (secondary N) is 1. The summed E-state index contributed by atoms with van der Waals surface area (Å²) >= 11 is 0. The molecule has 30 heavy (non-hydrogen) atoms. The maximum Gasteiger partial charge on any atom is 0.284 e. The summed E-state index contributed by atoms with van der Waals surface area (Å²) in [6.07, 6.45) is 0.812. The number of hydrazone groups is 1. The van der Waals surface area contributed by atoms with E-state index in [-0.39, 0.29) is 23.3 Å². The van der Waals surface area contributed by atoms with E-state index < -0.39 is 6.10 Å². The molecule has 1 unspecified atom stereocenters. The summed E-state index contributed by atoms with van der Waals surface area (Å²) in [5.74, 6) is 1.09. The molecule has 0 radical (unpaired) electrons. The molecule has 0 aliphatic carbocycles. The molecule has 1 atom stereocenters. The van der Waals surface area contributed by atoms with Crippen molar-refractivity contribution in [2.75, 3.05) is 6.61 Å². The number of ether oxygens (including phenoxy) is 2. The van der Waals surface area contributed by atoms with Crippen LogP contribution in [0.15, 0.2) is 41.5 Å². The van der Waals surface area contributed by atoms with Crippen molar-refractivity contribution >= 4 is 12.1 Å². The van der Waals surface area contributed by atoms with E-state index >= 15 is 0 Å². The third-order valence-corrected chi connectivity index (χ3v) is 4.94. The highest BCUT2D eigenvalue weighted by Gasteiger charge is 2.28. The summed E-state index contributed by atoms with van der Waals surface area (Å²) < 4.78 is 11.3. The summed E-state index contributed by atoms with van der Waals surface area (Å²) in [4.78, 5) is 12.4. The Bertz CT molecular complexity index is 933. The number of phenols is 1. The van der Waals surface area contributed by atoms with E-state index in [2.05, 4.69) is 52.1 Å². The van der Waals surface area contributed by atoms with E-state index in [1.807, 2.05) is 24.3 Å². The molecule has 6 heteroatoms. The summed E-state index contributed by atoms with van der Waals surface area (Å²) in [6.45, 7) is 12.4. The van der Waals surface area contributed by atoms with Gasteiger partial charge in [-0.25, -0.2) is 5.43 Å². The second-order valence-corrected chi connectivity index (χ2v) is 9.56. The minimum Gasteiger partial charge on any atom is -0.507 e. The van der Waals surface area contributed by atoms with Gasteiger partial charge in [0.05, 0.1) is 6.21 Å². The van der Waals surface area contributed by atoms with Gasteiger partial charge in [-0.3, -0.25) is 4.79 Å². The van der Waals surface area contributed by atoms with Crippen LogP contribution in [0.2, 0.25) is 0 Å². The fraction of sp³-hybridized carbons (Fsp3) is 0.417. The topological polar surface area (TPSA) is 80.2 Å². The summed E-state index contributed by atoms with van der Waals surface area (Å²) in [6, 6.07) is 11.0. The second kappa shape index (κ2) is 8.01. The zero-order chi connectivity index (χ0) is 22.1. The van der Waals surface area contributed by atoms with Gasteiger partial charge in [0.25, 0.3) is 5.91 Å². The molecule has 6 nitrogen and oxygen atoms in total. The van der Waals surface area contributed by atoms with Gasteiger partial charge < -0.3 is 14.6 Å². The Labute approximate surface area is 177 Å². The lowest BCUT2D eigenvalue weighted by Crippen LogP contribution is -2.42. The first-order valence-corrected chi connectivity index (χ1v) is 10.1. The maximum absolute atomic E-state index is 12.4. The van der Waals surface area contributed by atoms with Crippen LogP contribution < -0.4 is 14.9 Å². The van der Waals surface area contributed by atoms with E-state index in [1.165, 1.54) is 0 Å². The number of phenolic OH excluding ortho intramolecular Hbond substituents is 1. The largest absolute Gasteiger partial charge is 0.507 e. The molecule has 2 aromatic rings. The van der Waals surface area contributed by atoms with Crippen molar-refractivity contribution in [2.24, 2.45) is 5.10 Å². The van der Waals surface area contributed by atoms with Crippen molar-refractivity contribution in [3.05, 3.63) is 53.1 Å². The Morgan fingerprint density at radius 2 is 1.63 bits per heavy atom. The Balaban J connectivity index is 1.77. The van der Waals surface area contributed by atoms with Crippen molar-refractivity contribution in [1.29, 1.82) is 0 Å². The van der Waals surface area contributed by atoms with Gasteiger partial charge in [0, 0.05) is 11.1 Å². The summed E-state index contributed by atoms with van der Waals surface area (Å²) in [5.41, 5.74) is 4.52. The second-order valence-electron chi connectivity index (χ2n) is 9.56. The molecule has 1 amide bonds. The maximum atomic E-state index is 12.4. The van der Waals surface area contributed by atoms with Gasteiger partial charge in [-0.1, -0.05) is 53.7 Å². The first-order valence-electron chi connectivity index (χ1n) is 10.1. The third kappa shape index (κ3) is 4.75. The minimum absolute atomic E-state index is 0.125. The molecule has 1 aliphatic rings. The third-order valence-electron chi connectivity index (χ3n) is 4.94. The molecule has 0 aromatic heterocycles. The Morgan fingerprint density at radius 1 is 1.07 bits per heavy atom. The van der Waals surface area contributed by atoms with Crippen LogP contribution in [0.25, 0.3) is 0 Å². The number of carbonyl (C=O) groups is 1. The average Bonchev–Trinajstić information content (AvgIpc) is 2.66. The molecule has 160 valence electrons. The number of hydrogen-bond donors (Lipinski definition) is 2. The minimum atomic E-state index is -0.771. The number of carbonyl (C=O) groups excluding carboxylic acids is 1. The lowest BCUT2D eigenvalue weighted by molar-refractivity contribution is -0.130. The van der Waals surface area contributed by atoms with Gasteiger partial charge in [-0.15, -0.1) is 0 Å². The normalized spacial score (nSPS) is 16.5. The predicted octanol–water partition coefficient (Wildman–Crippen LogP) is 4.28. The number of para-hydroxylation sites is 2. The number of aromatic hydroxyl groups is 1.